The molecular formula is C12H20N4O3. The molecule has 19 heavy (non-hydrogen) atoms. The molecule has 1 unspecified atom stereocenters. The van der Waals surface area contributed by atoms with Crippen molar-refractivity contribution in [3.05, 3.63) is 6.33 Å². The van der Waals surface area contributed by atoms with Gasteiger partial charge in [0.05, 0.1) is 13.2 Å². The lowest BCUT2D eigenvalue weighted by molar-refractivity contribution is -0.00624. The maximum absolute atomic E-state index is 5.95. The number of rotatable bonds is 6. The Morgan fingerprint density at radius 2 is 2.37 bits per heavy atom. The number of nitrogens with one attached hydrogen (secondary N) is 1. The van der Waals surface area contributed by atoms with E-state index in [-0.39, 0.29) is 5.60 Å². The molecule has 0 amide bonds. The van der Waals surface area contributed by atoms with Crippen molar-refractivity contribution in [1.29, 1.82) is 0 Å². The van der Waals surface area contributed by atoms with E-state index in [0.717, 1.165) is 6.42 Å². The van der Waals surface area contributed by atoms with E-state index in [4.69, 9.17) is 19.9 Å². The molecule has 106 valence electrons. The second-order valence-electron chi connectivity index (χ2n) is 4.42. The summed E-state index contributed by atoms with van der Waals surface area (Å²) in [4.78, 5) is 8.12. The van der Waals surface area contributed by atoms with Gasteiger partial charge in [-0.25, -0.2) is 4.98 Å². The Hall–Kier alpha value is -1.60. The summed E-state index contributed by atoms with van der Waals surface area (Å²) in [5, 5.41) is 3.18. The van der Waals surface area contributed by atoms with Gasteiger partial charge in [-0.2, -0.15) is 4.98 Å². The third-order valence-corrected chi connectivity index (χ3v) is 3.21. The van der Waals surface area contributed by atoms with Crippen LogP contribution in [0.15, 0.2) is 6.33 Å². The Balaban J connectivity index is 2.04. The van der Waals surface area contributed by atoms with E-state index in [1.807, 2.05) is 6.92 Å². The maximum Gasteiger partial charge on any atom is 0.242 e. The number of hydrogen-bond donors (Lipinski definition) is 2. The van der Waals surface area contributed by atoms with Crippen molar-refractivity contribution >= 4 is 11.5 Å². The van der Waals surface area contributed by atoms with Gasteiger partial charge in [0.25, 0.3) is 0 Å². The van der Waals surface area contributed by atoms with Crippen LogP contribution in [0.3, 0.4) is 0 Å². The molecule has 1 aromatic rings. The molecule has 3 N–H and O–H groups in total. The number of nitrogens with zero attached hydrogens (tertiary/aromatic N) is 2. The zero-order valence-electron chi connectivity index (χ0n) is 11.3. The highest BCUT2D eigenvalue weighted by atomic mass is 16.5. The van der Waals surface area contributed by atoms with E-state index in [0.29, 0.717) is 43.8 Å². The molecule has 0 aliphatic carbocycles. The van der Waals surface area contributed by atoms with Crippen molar-refractivity contribution in [2.45, 2.75) is 18.9 Å². The molecule has 1 aliphatic rings. The molecule has 0 aromatic carbocycles. The van der Waals surface area contributed by atoms with Crippen molar-refractivity contribution in [3.63, 3.8) is 0 Å². The second kappa shape index (κ2) is 6.03. The van der Waals surface area contributed by atoms with E-state index in [9.17, 15) is 0 Å². The molecule has 0 saturated carbocycles. The van der Waals surface area contributed by atoms with Gasteiger partial charge in [0.1, 0.15) is 17.6 Å². The summed E-state index contributed by atoms with van der Waals surface area (Å²) in [7, 11) is 1.69. The summed E-state index contributed by atoms with van der Waals surface area (Å²) >= 11 is 0. The second-order valence-corrected chi connectivity index (χ2v) is 4.42. The van der Waals surface area contributed by atoms with Crippen LogP contribution in [0.1, 0.15) is 13.3 Å². The molecule has 2 heterocycles. The average Bonchev–Trinajstić information content (AvgIpc) is 2.89. The number of methoxy groups -OCH3 is 1. The van der Waals surface area contributed by atoms with Crippen LogP contribution in [0.25, 0.3) is 0 Å². The zero-order chi connectivity index (χ0) is 13.7. The van der Waals surface area contributed by atoms with E-state index in [1.165, 1.54) is 6.33 Å². The fraction of sp³-hybridized carbons (Fsp3) is 0.667. The van der Waals surface area contributed by atoms with Crippen LogP contribution in [-0.4, -0.2) is 49.0 Å². The van der Waals surface area contributed by atoms with Crippen LogP contribution in [0.4, 0.5) is 11.5 Å². The molecule has 7 nitrogen and oxygen atoms in total. The lowest BCUT2D eigenvalue weighted by Gasteiger charge is -2.26. The summed E-state index contributed by atoms with van der Waals surface area (Å²) in [6.45, 7) is 4.25. The highest BCUT2D eigenvalue weighted by Crippen LogP contribution is 2.27. The lowest BCUT2D eigenvalue weighted by Crippen LogP contribution is -2.39. The van der Waals surface area contributed by atoms with Gasteiger partial charge in [0, 0.05) is 26.7 Å². The lowest BCUT2D eigenvalue weighted by atomic mass is 10.0. The molecule has 1 fully saturated rings. The van der Waals surface area contributed by atoms with Crippen LogP contribution in [0.2, 0.25) is 0 Å². The molecular weight excluding hydrogens is 248 g/mol. The minimum absolute atomic E-state index is 0.316. The number of nitrogens with two attached hydrogens (primary N) is 1. The topological polar surface area (TPSA) is 91.5 Å². The van der Waals surface area contributed by atoms with Crippen molar-refractivity contribution in [1.82, 2.24) is 9.97 Å². The Labute approximate surface area is 112 Å². The minimum atomic E-state index is -0.316. The number of aromatic nitrogens is 2. The number of ether oxygens (including phenoxy) is 3. The van der Waals surface area contributed by atoms with Crippen molar-refractivity contribution in [2.24, 2.45) is 0 Å². The molecule has 0 spiro atoms. The Morgan fingerprint density at radius 3 is 3.00 bits per heavy atom. The van der Waals surface area contributed by atoms with E-state index in [1.54, 1.807) is 7.11 Å². The largest absolute Gasteiger partial charge is 0.476 e. The van der Waals surface area contributed by atoms with Crippen LogP contribution < -0.4 is 15.8 Å². The molecule has 1 atom stereocenters. The quantitative estimate of drug-likeness (QED) is 0.783. The number of anilines is 2. The fourth-order valence-electron chi connectivity index (χ4n) is 1.98. The minimum Gasteiger partial charge on any atom is -0.476 e. The van der Waals surface area contributed by atoms with Crippen LogP contribution >= 0.6 is 0 Å². The van der Waals surface area contributed by atoms with Gasteiger partial charge in [-0.15, -0.1) is 0 Å². The molecule has 0 radical (unpaired) electrons. The zero-order valence-corrected chi connectivity index (χ0v) is 11.3. The molecule has 1 aromatic heterocycles. The SMILES string of the molecule is CCOc1ncnc(NCC2(OC)CCOC2)c1N. The monoisotopic (exact) mass is 268 g/mol. The predicted molar refractivity (Wildman–Crippen MR) is 71.3 cm³/mol. The number of hydrogen-bond acceptors (Lipinski definition) is 7. The summed E-state index contributed by atoms with van der Waals surface area (Å²) in [6.07, 6.45) is 2.27. The highest BCUT2D eigenvalue weighted by molar-refractivity contribution is 5.66. The van der Waals surface area contributed by atoms with Gasteiger partial charge in [-0.1, -0.05) is 0 Å². The first-order valence-electron chi connectivity index (χ1n) is 6.31. The Bertz CT molecular complexity index is 421. The molecule has 7 heteroatoms. The summed E-state index contributed by atoms with van der Waals surface area (Å²) in [6, 6.07) is 0. The maximum atomic E-state index is 5.95. The number of nitrogen functional groups attached to an aromatic ring is 1. The first-order chi connectivity index (χ1) is 9.21. The first kappa shape index (κ1) is 13.8. The summed E-state index contributed by atoms with van der Waals surface area (Å²) < 4.78 is 16.2. The fourth-order valence-corrected chi connectivity index (χ4v) is 1.98. The Morgan fingerprint density at radius 1 is 1.53 bits per heavy atom. The van der Waals surface area contributed by atoms with Gasteiger partial charge >= 0.3 is 0 Å². The predicted octanol–water partition coefficient (Wildman–Crippen LogP) is 0.675. The first-order valence-corrected chi connectivity index (χ1v) is 6.31. The average molecular weight is 268 g/mol. The molecule has 0 bridgehead atoms. The van der Waals surface area contributed by atoms with E-state index >= 15 is 0 Å². The summed E-state index contributed by atoms with van der Waals surface area (Å²) in [5.41, 5.74) is 6.05. The van der Waals surface area contributed by atoms with Crippen LogP contribution in [0, 0.1) is 0 Å². The van der Waals surface area contributed by atoms with Crippen LogP contribution in [0.5, 0.6) is 5.88 Å². The normalized spacial score (nSPS) is 22.4. The van der Waals surface area contributed by atoms with E-state index < -0.39 is 0 Å². The van der Waals surface area contributed by atoms with Gasteiger partial charge in [-0.05, 0) is 6.92 Å². The molecule has 2 rings (SSSR count). The van der Waals surface area contributed by atoms with Gasteiger partial charge in [-0.3, -0.25) is 0 Å². The van der Waals surface area contributed by atoms with Crippen molar-refractivity contribution in [2.75, 3.05) is 44.5 Å². The van der Waals surface area contributed by atoms with Crippen molar-refractivity contribution < 1.29 is 14.2 Å². The Kier molecular flexibility index (Phi) is 4.39. The van der Waals surface area contributed by atoms with Crippen LogP contribution in [-0.2, 0) is 9.47 Å². The third-order valence-electron chi connectivity index (χ3n) is 3.21. The highest BCUT2D eigenvalue weighted by Gasteiger charge is 2.35. The van der Waals surface area contributed by atoms with Gasteiger partial charge < -0.3 is 25.3 Å². The van der Waals surface area contributed by atoms with Gasteiger partial charge in [0.2, 0.25) is 5.88 Å². The standard InChI is InChI=1S/C12H20N4O3/c1-3-19-11-9(13)10(15-8-16-11)14-6-12(17-2)4-5-18-7-12/h8H,3-7,13H2,1-2H3,(H,14,15,16). The van der Waals surface area contributed by atoms with Crippen molar-refractivity contribution in [3.8, 4) is 5.88 Å². The smallest absolute Gasteiger partial charge is 0.242 e. The summed E-state index contributed by atoms with van der Waals surface area (Å²) in [5.74, 6) is 0.955. The molecule has 1 aliphatic heterocycles. The van der Waals surface area contributed by atoms with E-state index in [2.05, 4.69) is 15.3 Å². The third kappa shape index (κ3) is 3.05. The van der Waals surface area contributed by atoms with Gasteiger partial charge in [0.15, 0.2) is 5.82 Å². The molecule has 1 saturated heterocycles.